The molecule has 2 aliphatic rings. The summed E-state index contributed by atoms with van der Waals surface area (Å²) in [7, 11) is -2.03. The van der Waals surface area contributed by atoms with Crippen LogP contribution in [0.2, 0.25) is 0 Å². The topological polar surface area (TPSA) is 88.1 Å². The van der Waals surface area contributed by atoms with Gasteiger partial charge in [-0.15, -0.1) is 0 Å². The Kier molecular flexibility index (Phi) is 5.84. The standard InChI is InChI=1S/C19H25N5O4S/c1-27-16-3-2-4-17(13-16)29(25,26)24-7-5-22(6-8-24)18-14-19(21-15-20-18)23-9-11-28-12-10-23/h2-4,13-15H,5-12H2,1H3. The molecule has 1 aromatic heterocycles. The SMILES string of the molecule is COc1cccc(S(=O)(=O)N2CCN(c3cc(N4CCOCC4)ncn3)CC2)c1. The summed E-state index contributed by atoms with van der Waals surface area (Å²) in [5.74, 6) is 2.23. The summed E-state index contributed by atoms with van der Waals surface area (Å²) in [5.41, 5.74) is 0. The van der Waals surface area contributed by atoms with E-state index >= 15 is 0 Å². The molecule has 0 aliphatic carbocycles. The third kappa shape index (κ3) is 4.29. The highest BCUT2D eigenvalue weighted by atomic mass is 32.2. The molecule has 0 spiro atoms. The zero-order valence-electron chi connectivity index (χ0n) is 16.4. The first-order valence-electron chi connectivity index (χ1n) is 9.62. The number of aromatic nitrogens is 2. The van der Waals surface area contributed by atoms with Gasteiger partial charge in [-0.3, -0.25) is 0 Å². The lowest BCUT2D eigenvalue weighted by molar-refractivity contribution is 0.122. The molecule has 29 heavy (non-hydrogen) atoms. The number of methoxy groups -OCH3 is 1. The molecule has 0 amide bonds. The number of hydrogen-bond donors (Lipinski definition) is 0. The lowest BCUT2D eigenvalue weighted by Crippen LogP contribution is -2.49. The lowest BCUT2D eigenvalue weighted by Gasteiger charge is -2.35. The van der Waals surface area contributed by atoms with Gasteiger partial charge >= 0.3 is 0 Å². The summed E-state index contributed by atoms with van der Waals surface area (Å²) in [5, 5.41) is 0. The molecule has 0 saturated carbocycles. The minimum atomic E-state index is -3.55. The molecular weight excluding hydrogens is 394 g/mol. The molecule has 3 heterocycles. The second-order valence-electron chi connectivity index (χ2n) is 6.90. The normalized spacial score (nSPS) is 18.7. The molecule has 2 fully saturated rings. The number of ether oxygens (including phenoxy) is 2. The molecule has 10 heteroatoms. The summed E-state index contributed by atoms with van der Waals surface area (Å²) in [6.45, 7) is 4.95. The predicted molar refractivity (Wildman–Crippen MR) is 109 cm³/mol. The van der Waals surface area contributed by atoms with Gasteiger partial charge in [0.1, 0.15) is 23.7 Å². The van der Waals surface area contributed by atoms with Crippen LogP contribution in [-0.4, -0.2) is 82.3 Å². The van der Waals surface area contributed by atoms with Crippen LogP contribution in [0.4, 0.5) is 11.6 Å². The second kappa shape index (κ2) is 8.52. The summed E-state index contributed by atoms with van der Waals surface area (Å²) in [6, 6.07) is 8.55. The van der Waals surface area contributed by atoms with Crippen LogP contribution in [-0.2, 0) is 14.8 Å². The zero-order valence-corrected chi connectivity index (χ0v) is 17.2. The third-order valence-corrected chi connectivity index (χ3v) is 7.11. The van der Waals surface area contributed by atoms with Crippen molar-refractivity contribution in [1.29, 1.82) is 0 Å². The number of nitrogens with zero attached hydrogens (tertiary/aromatic N) is 5. The fourth-order valence-corrected chi connectivity index (χ4v) is 5.00. The molecule has 4 rings (SSSR count). The Morgan fingerprint density at radius 2 is 1.59 bits per heavy atom. The molecule has 156 valence electrons. The average molecular weight is 420 g/mol. The fourth-order valence-electron chi connectivity index (χ4n) is 3.54. The van der Waals surface area contributed by atoms with Crippen LogP contribution in [0.1, 0.15) is 0 Å². The minimum absolute atomic E-state index is 0.252. The van der Waals surface area contributed by atoms with Gasteiger partial charge in [0, 0.05) is 51.4 Å². The Bertz CT molecular complexity index is 941. The number of benzene rings is 1. The Hall–Kier alpha value is -2.43. The predicted octanol–water partition coefficient (Wildman–Crippen LogP) is 0.833. The lowest BCUT2D eigenvalue weighted by atomic mass is 10.3. The van der Waals surface area contributed by atoms with E-state index < -0.39 is 10.0 Å². The highest BCUT2D eigenvalue weighted by Gasteiger charge is 2.29. The first-order chi connectivity index (χ1) is 14.1. The highest BCUT2D eigenvalue weighted by molar-refractivity contribution is 7.89. The number of sulfonamides is 1. The van der Waals surface area contributed by atoms with E-state index in [1.165, 1.54) is 11.4 Å². The number of piperazine rings is 1. The largest absolute Gasteiger partial charge is 0.497 e. The van der Waals surface area contributed by atoms with E-state index in [4.69, 9.17) is 9.47 Å². The van der Waals surface area contributed by atoms with Crippen molar-refractivity contribution >= 4 is 21.7 Å². The van der Waals surface area contributed by atoms with Crippen molar-refractivity contribution in [2.24, 2.45) is 0 Å². The molecule has 2 aromatic rings. The summed E-state index contributed by atoms with van der Waals surface area (Å²) >= 11 is 0. The molecule has 0 radical (unpaired) electrons. The van der Waals surface area contributed by atoms with Crippen molar-refractivity contribution in [3.8, 4) is 5.75 Å². The molecule has 9 nitrogen and oxygen atoms in total. The molecule has 0 atom stereocenters. The van der Waals surface area contributed by atoms with Crippen LogP contribution in [0.25, 0.3) is 0 Å². The van der Waals surface area contributed by atoms with Crippen LogP contribution in [0.3, 0.4) is 0 Å². The maximum absolute atomic E-state index is 13.0. The van der Waals surface area contributed by atoms with Crippen molar-refractivity contribution < 1.29 is 17.9 Å². The van der Waals surface area contributed by atoms with Crippen LogP contribution in [0.15, 0.2) is 41.6 Å². The van der Waals surface area contributed by atoms with E-state index in [0.29, 0.717) is 45.1 Å². The number of anilines is 2. The molecule has 2 aliphatic heterocycles. The first-order valence-corrected chi connectivity index (χ1v) is 11.1. The third-order valence-electron chi connectivity index (χ3n) is 5.21. The fraction of sp³-hybridized carbons (Fsp3) is 0.474. The van der Waals surface area contributed by atoms with Gasteiger partial charge in [-0.05, 0) is 12.1 Å². The van der Waals surface area contributed by atoms with E-state index in [9.17, 15) is 8.42 Å². The van der Waals surface area contributed by atoms with E-state index in [-0.39, 0.29) is 4.90 Å². The van der Waals surface area contributed by atoms with Crippen LogP contribution in [0.5, 0.6) is 5.75 Å². The van der Waals surface area contributed by atoms with Gasteiger partial charge in [-0.25, -0.2) is 18.4 Å². The maximum atomic E-state index is 13.0. The van der Waals surface area contributed by atoms with Gasteiger partial charge in [0.25, 0.3) is 0 Å². The Morgan fingerprint density at radius 1 is 0.931 bits per heavy atom. The van der Waals surface area contributed by atoms with Gasteiger partial charge in [0.05, 0.1) is 25.2 Å². The van der Waals surface area contributed by atoms with Gasteiger partial charge in [0.2, 0.25) is 10.0 Å². The van der Waals surface area contributed by atoms with Gasteiger partial charge in [-0.2, -0.15) is 4.31 Å². The molecular formula is C19H25N5O4S. The molecule has 0 bridgehead atoms. The summed E-state index contributed by atoms with van der Waals surface area (Å²) in [4.78, 5) is 13.3. The van der Waals surface area contributed by atoms with Crippen molar-refractivity contribution in [3.05, 3.63) is 36.7 Å². The number of morpholine rings is 1. The monoisotopic (exact) mass is 419 g/mol. The van der Waals surface area contributed by atoms with Crippen LogP contribution < -0.4 is 14.5 Å². The van der Waals surface area contributed by atoms with Crippen LogP contribution in [0, 0.1) is 0 Å². The van der Waals surface area contributed by atoms with Gasteiger partial charge in [-0.1, -0.05) is 6.07 Å². The molecule has 1 aromatic carbocycles. The van der Waals surface area contributed by atoms with E-state index in [2.05, 4.69) is 19.8 Å². The first kappa shape index (κ1) is 19.9. The summed E-state index contributed by atoms with van der Waals surface area (Å²) < 4.78 is 38.0. The van der Waals surface area contributed by atoms with E-state index in [1.54, 1.807) is 30.6 Å². The smallest absolute Gasteiger partial charge is 0.243 e. The van der Waals surface area contributed by atoms with E-state index in [0.717, 1.165) is 24.7 Å². The minimum Gasteiger partial charge on any atom is -0.497 e. The van der Waals surface area contributed by atoms with Crippen molar-refractivity contribution in [2.75, 3.05) is 69.4 Å². The number of rotatable bonds is 5. The van der Waals surface area contributed by atoms with Crippen LogP contribution >= 0.6 is 0 Å². The Balaban J connectivity index is 1.44. The summed E-state index contributed by atoms with van der Waals surface area (Å²) in [6.07, 6.45) is 1.57. The Labute approximate surface area is 170 Å². The van der Waals surface area contributed by atoms with E-state index in [1.807, 2.05) is 6.07 Å². The molecule has 0 N–H and O–H groups in total. The highest BCUT2D eigenvalue weighted by Crippen LogP contribution is 2.24. The van der Waals surface area contributed by atoms with Gasteiger partial charge in [0.15, 0.2) is 0 Å². The number of hydrogen-bond acceptors (Lipinski definition) is 8. The molecule has 0 unspecified atom stereocenters. The quantitative estimate of drug-likeness (QED) is 0.704. The second-order valence-corrected chi connectivity index (χ2v) is 8.84. The molecule has 2 saturated heterocycles. The van der Waals surface area contributed by atoms with Crippen molar-refractivity contribution in [3.63, 3.8) is 0 Å². The Morgan fingerprint density at radius 3 is 2.24 bits per heavy atom. The zero-order chi connectivity index (χ0) is 20.3. The van der Waals surface area contributed by atoms with Crippen molar-refractivity contribution in [2.45, 2.75) is 4.90 Å². The van der Waals surface area contributed by atoms with Crippen molar-refractivity contribution in [1.82, 2.24) is 14.3 Å². The average Bonchev–Trinajstić information content (AvgIpc) is 2.80. The van der Waals surface area contributed by atoms with Gasteiger partial charge < -0.3 is 19.3 Å². The maximum Gasteiger partial charge on any atom is 0.243 e.